The van der Waals surface area contributed by atoms with E-state index in [-0.39, 0.29) is 0 Å². The first-order chi connectivity index (χ1) is 17.6. The Balaban J connectivity index is 1.36. The van der Waals surface area contributed by atoms with Gasteiger partial charge < -0.3 is 5.32 Å². The molecule has 1 unspecified atom stereocenters. The van der Waals surface area contributed by atoms with Crippen LogP contribution in [0.15, 0.2) is 91.1 Å². The average Bonchev–Trinajstić information content (AvgIpc) is 3.28. The van der Waals surface area contributed by atoms with Gasteiger partial charge in [-0.05, 0) is 24.4 Å². The van der Waals surface area contributed by atoms with Crippen molar-refractivity contribution in [3.63, 3.8) is 0 Å². The van der Waals surface area contributed by atoms with Gasteiger partial charge in [0.1, 0.15) is 0 Å². The van der Waals surface area contributed by atoms with Crippen molar-refractivity contribution >= 4 is 51.6 Å². The zero-order valence-corrected chi connectivity index (χ0v) is 22.8. The molecule has 6 nitrogen and oxygen atoms in total. The van der Waals surface area contributed by atoms with Crippen LogP contribution >= 0.6 is 12.2 Å². The summed E-state index contributed by atoms with van der Waals surface area (Å²) in [5.41, 5.74) is 6.34. The molecule has 1 fully saturated rings. The Hall–Kier alpha value is -3.54. The molecule has 36 heavy (non-hydrogen) atoms. The fraction of sp³-hybridized carbons (Fsp3) is 0.143. The van der Waals surface area contributed by atoms with Crippen molar-refractivity contribution in [1.82, 2.24) is 19.6 Å². The number of hydrogen-bond donors (Lipinski definition) is 2. The number of anilines is 2. The number of nitrogens with one attached hydrogen (secondary N) is 2. The molecule has 2 heterocycles. The molecule has 8 heteroatoms. The van der Waals surface area contributed by atoms with Crippen LogP contribution in [0, 0.1) is 0 Å². The van der Waals surface area contributed by atoms with Crippen molar-refractivity contribution < 1.29 is 0 Å². The Kier molecular flexibility index (Phi) is 6.03. The third-order valence-electron chi connectivity index (χ3n) is 6.65. The van der Waals surface area contributed by atoms with E-state index in [0.717, 1.165) is 28.1 Å². The maximum absolute atomic E-state index is 5.45. The van der Waals surface area contributed by atoms with Crippen molar-refractivity contribution in [2.24, 2.45) is 0 Å². The van der Waals surface area contributed by atoms with E-state index in [1.54, 1.807) is 4.52 Å². The van der Waals surface area contributed by atoms with Gasteiger partial charge in [-0.1, -0.05) is 18.2 Å². The minimum absolute atomic E-state index is 0.366. The van der Waals surface area contributed by atoms with Crippen LogP contribution in [0.5, 0.6) is 0 Å². The van der Waals surface area contributed by atoms with Gasteiger partial charge >= 0.3 is 171 Å². The topological polar surface area (TPSA) is 67.1 Å². The van der Waals surface area contributed by atoms with Crippen molar-refractivity contribution in [3.05, 3.63) is 96.7 Å². The number of nitrogens with zero attached hydrogens (tertiary/aromatic N) is 4. The summed E-state index contributed by atoms with van der Waals surface area (Å²) in [5, 5.41) is 11.2. The van der Waals surface area contributed by atoms with Crippen molar-refractivity contribution in [3.8, 4) is 22.4 Å². The first-order valence-corrected chi connectivity index (χ1v) is 13.6. The molecule has 0 radical (unpaired) electrons. The molecule has 0 aliphatic heterocycles. The molecule has 6 rings (SSSR count). The molecule has 3 aromatic carbocycles. The predicted molar refractivity (Wildman–Crippen MR) is 152 cm³/mol. The summed E-state index contributed by atoms with van der Waals surface area (Å²) in [5.74, 6) is 0.899. The second-order valence-electron chi connectivity index (χ2n) is 9.08. The van der Waals surface area contributed by atoms with Crippen LogP contribution in [0.25, 0.3) is 28.2 Å². The van der Waals surface area contributed by atoms with E-state index in [1.165, 1.54) is 24.8 Å². The Morgan fingerprint density at radius 3 is 2.19 bits per heavy atom. The van der Waals surface area contributed by atoms with E-state index >= 15 is 0 Å². The number of rotatable bonds is 5. The molecule has 2 N–H and O–H groups in total. The molecular weight excluding hydrogens is 527 g/mol. The molecule has 1 aliphatic rings. The van der Waals surface area contributed by atoms with Crippen molar-refractivity contribution in [2.45, 2.75) is 23.5 Å². The van der Waals surface area contributed by atoms with Crippen LogP contribution in [-0.4, -0.2) is 41.5 Å². The van der Waals surface area contributed by atoms with Gasteiger partial charge in [0, 0.05) is 5.69 Å². The Labute approximate surface area is 223 Å². The van der Waals surface area contributed by atoms with Crippen LogP contribution in [-0.2, 0) is 4.20 Å². The molecule has 1 aliphatic carbocycles. The van der Waals surface area contributed by atoms with Gasteiger partial charge in [-0.2, -0.15) is 0 Å². The Morgan fingerprint density at radius 1 is 0.833 bits per heavy atom. The number of aromatic nitrogens is 4. The standard InChI is InChI=1S/C28H25AsN6S/c29-28(16-7-17-28)21-14-12-20(13-15-21)24-23(19-8-3-1-4-9-19)18-35-26(31-24)32-25(34-35)33-27(36)30-22-10-5-2-6-11-22/h1-6,8-15,18H,7,16-17,29H2,(H2,30,33,34,36). The van der Waals surface area contributed by atoms with Crippen LogP contribution in [0.1, 0.15) is 24.8 Å². The van der Waals surface area contributed by atoms with Crippen molar-refractivity contribution in [2.75, 3.05) is 10.6 Å². The van der Waals surface area contributed by atoms with Gasteiger partial charge in [0.15, 0.2) is 0 Å². The van der Waals surface area contributed by atoms with Crippen LogP contribution < -0.4 is 10.6 Å². The van der Waals surface area contributed by atoms with Gasteiger partial charge in [-0.25, -0.2) is 0 Å². The predicted octanol–water partition coefficient (Wildman–Crippen LogP) is 5.28. The Morgan fingerprint density at radius 2 is 1.53 bits per heavy atom. The zero-order chi connectivity index (χ0) is 24.5. The molecule has 0 saturated heterocycles. The maximum atomic E-state index is 5.45. The zero-order valence-electron chi connectivity index (χ0n) is 19.6. The van der Waals surface area contributed by atoms with Gasteiger partial charge in [-0.3, -0.25) is 0 Å². The minimum atomic E-state index is 0.366. The molecule has 0 amide bonds. The monoisotopic (exact) mass is 552 g/mol. The molecule has 1 atom stereocenters. The number of hydrogen-bond acceptors (Lipinski definition) is 4. The summed E-state index contributed by atoms with van der Waals surface area (Å²) < 4.78 is 2.07. The second-order valence-corrected chi connectivity index (χ2v) is 11.8. The SMILES string of the molecule is S=C(Nc1ccccc1)Nc1nc2nc(-c3ccc(C4([AsH2])CCC4)cc3)c(-c3ccccc3)cn2n1. The summed E-state index contributed by atoms with van der Waals surface area (Å²) in [7, 11) is 0. The summed E-state index contributed by atoms with van der Waals surface area (Å²) >= 11 is 7.28. The van der Waals surface area contributed by atoms with E-state index in [2.05, 4.69) is 57.1 Å². The molecule has 0 bridgehead atoms. The number of thiocarbonyl (C=S) groups is 1. The summed E-state index contributed by atoms with van der Waals surface area (Å²) in [4.78, 5) is 9.55. The molecule has 5 aromatic rings. The second kappa shape index (κ2) is 9.49. The van der Waals surface area contributed by atoms with Gasteiger partial charge in [0.05, 0.1) is 0 Å². The summed E-state index contributed by atoms with van der Waals surface area (Å²) in [6.45, 7) is 0. The fourth-order valence-electron chi connectivity index (χ4n) is 4.52. The van der Waals surface area contributed by atoms with Gasteiger partial charge in [-0.15, -0.1) is 0 Å². The number of benzene rings is 3. The van der Waals surface area contributed by atoms with Crippen LogP contribution in [0.4, 0.5) is 11.6 Å². The van der Waals surface area contributed by atoms with Gasteiger partial charge in [0.25, 0.3) is 0 Å². The molecule has 1 saturated carbocycles. The first-order valence-electron chi connectivity index (χ1n) is 11.9. The molecule has 0 spiro atoms. The van der Waals surface area contributed by atoms with E-state index in [1.807, 2.05) is 71.6 Å². The number of fused-ring (bicyclic) bond motifs is 1. The fourth-order valence-corrected chi connectivity index (χ4v) is 5.98. The summed E-state index contributed by atoms with van der Waals surface area (Å²) in [6, 6.07) is 28.9. The normalized spacial score (nSPS) is 14.2. The van der Waals surface area contributed by atoms with E-state index in [0.29, 0.717) is 21.0 Å². The van der Waals surface area contributed by atoms with E-state index in [4.69, 9.17) is 17.2 Å². The third-order valence-corrected chi connectivity index (χ3v) is 8.77. The van der Waals surface area contributed by atoms with E-state index < -0.39 is 0 Å². The molecule has 178 valence electrons. The van der Waals surface area contributed by atoms with Gasteiger partial charge in [0.2, 0.25) is 0 Å². The summed E-state index contributed by atoms with van der Waals surface area (Å²) in [6.07, 6.45) is 5.87. The molecular formula is C28H25AsN6S. The first kappa shape index (κ1) is 22.9. The molecule has 2 aromatic heterocycles. The van der Waals surface area contributed by atoms with E-state index in [9.17, 15) is 0 Å². The van der Waals surface area contributed by atoms with Crippen molar-refractivity contribution in [1.29, 1.82) is 0 Å². The van der Waals surface area contributed by atoms with Crippen LogP contribution in [0.3, 0.4) is 0 Å². The Bertz CT molecular complexity index is 1530. The number of para-hydroxylation sites is 1. The van der Waals surface area contributed by atoms with Crippen LogP contribution in [0.2, 0.25) is 0 Å². The average molecular weight is 553 g/mol. The quantitative estimate of drug-likeness (QED) is 0.229. The third kappa shape index (κ3) is 4.52.